The van der Waals surface area contributed by atoms with E-state index in [0.717, 1.165) is 28.0 Å². The number of aryl methyl sites for hydroxylation is 1. The van der Waals surface area contributed by atoms with Gasteiger partial charge in [0.2, 0.25) is 0 Å². The Balaban J connectivity index is 2.42. The molecule has 2 aromatic carbocycles. The third kappa shape index (κ3) is 7.17. The maximum atomic E-state index is 12.4. The fraction of sp³-hybridized carbons (Fsp3) is 0.360. The molecule has 166 valence electrons. The van der Waals surface area contributed by atoms with Gasteiger partial charge in [0.05, 0.1) is 19.6 Å². The summed E-state index contributed by atoms with van der Waals surface area (Å²) >= 11 is 0. The van der Waals surface area contributed by atoms with Crippen molar-refractivity contribution in [1.29, 1.82) is 0 Å². The monoisotopic (exact) mass is 425 g/mol. The quantitative estimate of drug-likeness (QED) is 0.455. The molecule has 0 saturated carbocycles. The van der Waals surface area contributed by atoms with Gasteiger partial charge in [-0.25, -0.2) is 4.79 Å². The molecule has 1 N–H and O–H groups in total. The van der Waals surface area contributed by atoms with Gasteiger partial charge >= 0.3 is 12.1 Å². The lowest BCUT2D eigenvalue weighted by Crippen LogP contribution is -2.36. The molecular formula is C25H31NO5. The highest BCUT2D eigenvalue weighted by Gasteiger charge is 2.23. The number of benzene rings is 2. The summed E-state index contributed by atoms with van der Waals surface area (Å²) in [7, 11) is 1.32. The van der Waals surface area contributed by atoms with Crippen LogP contribution in [0.25, 0.3) is 11.1 Å². The smallest absolute Gasteiger partial charge is 0.408 e. The van der Waals surface area contributed by atoms with Crippen LogP contribution in [0.2, 0.25) is 0 Å². The Bertz CT molecular complexity index is 930. The highest BCUT2D eigenvalue weighted by Crippen LogP contribution is 2.35. The molecule has 0 aliphatic carbocycles. The van der Waals surface area contributed by atoms with Crippen molar-refractivity contribution < 1.29 is 23.8 Å². The van der Waals surface area contributed by atoms with E-state index in [1.54, 1.807) is 26.8 Å². The molecule has 2 aromatic rings. The standard InChI is InChI=1S/C25H31NO5/c1-7-14-30-21-13-8-10-17(2)23(21)19-12-9-11-18(15-19)20(16-22(27)29-6)26-24(28)31-25(3,4)5/h7-13,15,20H,1,14,16H2,2-6H3,(H,26,28)/t20-/m0/s1. The first kappa shape index (κ1) is 24.0. The van der Waals surface area contributed by atoms with E-state index in [4.69, 9.17) is 14.2 Å². The van der Waals surface area contributed by atoms with Crippen molar-refractivity contribution in [2.45, 2.75) is 45.8 Å². The highest BCUT2D eigenvalue weighted by molar-refractivity contribution is 5.76. The molecule has 6 heteroatoms. The number of alkyl carbamates (subject to hydrolysis) is 1. The second kappa shape index (κ2) is 10.7. The summed E-state index contributed by atoms with van der Waals surface area (Å²) < 4.78 is 16.0. The number of carbonyl (C=O) groups is 2. The molecule has 0 spiro atoms. The molecule has 0 fully saturated rings. The Kier molecular flexibility index (Phi) is 8.25. The molecule has 0 aromatic heterocycles. The summed E-state index contributed by atoms with van der Waals surface area (Å²) in [6.45, 7) is 11.5. The van der Waals surface area contributed by atoms with Crippen LogP contribution >= 0.6 is 0 Å². The summed E-state index contributed by atoms with van der Waals surface area (Å²) in [5.41, 5.74) is 3.01. The van der Waals surface area contributed by atoms with Crippen molar-refractivity contribution in [3.63, 3.8) is 0 Å². The zero-order valence-corrected chi connectivity index (χ0v) is 18.9. The molecule has 0 unspecified atom stereocenters. The van der Waals surface area contributed by atoms with Crippen LogP contribution in [-0.4, -0.2) is 31.4 Å². The molecule has 0 saturated heterocycles. The maximum Gasteiger partial charge on any atom is 0.408 e. The number of hydrogen-bond donors (Lipinski definition) is 1. The zero-order chi connectivity index (χ0) is 23.0. The van der Waals surface area contributed by atoms with Gasteiger partial charge in [-0.1, -0.05) is 43.0 Å². The van der Waals surface area contributed by atoms with E-state index in [2.05, 4.69) is 11.9 Å². The minimum Gasteiger partial charge on any atom is -0.489 e. The summed E-state index contributed by atoms with van der Waals surface area (Å²) in [6, 6.07) is 12.9. The number of esters is 1. The second-order valence-electron chi connectivity index (χ2n) is 8.15. The maximum absolute atomic E-state index is 12.4. The number of nitrogens with one attached hydrogen (secondary N) is 1. The summed E-state index contributed by atoms with van der Waals surface area (Å²) in [4.78, 5) is 24.4. The van der Waals surface area contributed by atoms with Crippen LogP contribution in [0.15, 0.2) is 55.1 Å². The fourth-order valence-corrected chi connectivity index (χ4v) is 3.14. The van der Waals surface area contributed by atoms with Gasteiger partial charge in [-0.3, -0.25) is 4.79 Å². The molecule has 0 aliphatic heterocycles. The van der Waals surface area contributed by atoms with Gasteiger partial charge in [0.25, 0.3) is 0 Å². The molecule has 6 nitrogen and oxygen atoms in total. The molecule has 0 aliphatic rings. The van der Waals surface area contributed by atoms with Crippen LogP contribution in [0.4, 0.5) is 4.79 Å². The topological polar surface area (TPSA) is 73.9 Å². The van der Waals surface area contributed by atoms with Crippen molar-refractivity contribution in [3.05, 3.63) is 66.2 Å². The van der Waals surface area contributed by atoms with E-state index in [0.29, 0.717) is 6.61 Å². The van der Waals surface area contributed by atoms with Gasteiger partial charge < -0.3 is 19.5 Å². The van der Waals surface area contributed by atoms with Gasteiger partial charge in [-0.05, 0) is 56.5 Å². The first-order valence-corrected chi connectivity index (χ1v) is 10.1. The van der Waals surface area contributed by atoms with Crippen LogP contribution in [-0.2, 0) is 14.3 Å². The molecule has 1 atom stereocenters. The van der Waals surface area contributed by atoms with Crippen molar-refractivity contribution in [2.24, 2.45) is 0 Å². The number of ether oxygens (including phenoxy) is 3. The first-order valence-electron chi connectivity index (χ1n) is 10.1. The number of rotatable bonds is 8. The van der Waals surface area contributed by atoms with E-state index >= 15 is 0 Å². The van der Waals surface area contributed by atoms with Crippen LogP contribution in [0.3, 0.4) is 0 Å². The predicted molar refractivity (Wildman–Crippen MR) is 121 cm³/mol. The largest absolute Gasteiger partial charge is 0.489 e. The van der Waals surface area contributed by atoms with Gasteiger partial charge in [-0.2, -0.15) is 0 Å². The summed E-state index contributed by atoms with van der Waals surface area (Å²) in [6.07, 6.45) is 1.07. The van der Waals surface area contributed by atoms with Gasteiger partial charge in [0, 0.05) is 5.56 Å². The van der Waals surface area contributed by atoms with E-state index in [9.17, 15) is 9.59 Å². The minimum atomic E-state index is -0.652. The number of hydrogen-bond acceptors (Lipinski definition) is 5. The lowest BCUT2D eigenvalue weighted by molar-refractivity contribution is -0.141. The van der Waals surface area contributed by atoms with Gasteiger partial charge in [0.15, 0.2) is 0 Å². The molecule has 0 heterocycles. The normalized spacial score (nSPS) is 11.9. The van der Waals surface area contributed by atoms with Crippen LogP contribution in [0.5, 0.6) is 5.75 Å². The Hall–Kier alpha value is -3.28. The minimum absolute atomic E-state index is 0.0210. The Morgan fingerprint density at radius 2 is 1.87 bits per heavy atom. The Labute approximate surface area is 184 Å². The Morgan fingerprint density at radius 3 is 2.52 bits per heavy atom. The van der Waals surface area contributed by atoms with Crippen LogP contribution in [0.1, 0.15) is 44.4 Å². The van der Waals surface area contributed by atoms with E-state index in [1.165, 1.54) is 7.11 Å². The SMILES string of the molecule is C=CCOc1cccc(C)c1-c1cccc([C@H](CC(=O)OC)NC(=O)OC(C)(C)C)c1. The summed E-state index contributed by atoms with van der Waals surface area (Å²) in [5, 5.41) is 2.79. The zero-order valence-electron chi connectivity index (χ0n) is 18.9. The van der Waals surface area contributed by atoms with Crippen molar-refractivity contribution in [3.8, 4) is 16.9 Å². The van der Waals surface area contributed by atoms with E-state index < -0.39 is 23.7 Å². The van der Waals surface area contributed by atoms with Crippen molar-refractivity contribution in [2.75, 3.05) is 13.7 Å². The average molecular weight is 426 g/mol. The van der Waals surface area contributed by atoms with Crippen molar-refractivity contribution >= 4 is 12.1 Å². The predicted octanol–water partition coefficient (Wildman–Crippen LogP) is 5.36. The van der Waals surface area contributed by atoms with Gasteiger partial charge in [0.1, 0.15) is 18.0 Å². The lowest BCUT2D eigenvalue weighted by Gasteiger charge is -2.24. The third-order valence-corrected chi connectivity index (χ3v) is 4.46. The molecule has 31 heavy (non-hydrogen) atoms. The Morgan fingerprint density at radius 1 is 1.16 bits per heavy atom. The molecule has 2 rings (SSSR count). The third-order valence-electron chi connectivity index (χ3n) is 4.46. The fourth-order valence-electron chi connectivity index (χ4n) is 3.14. The van der Waals surface area contributed by atoms with Gasteiger partial charge in [-0.15, -0.1) is 0 Å². The molecule has 0 bridgehead atoms. The number of amides is 1. The van der Waals surface area contributed by atoms with Crippen molar-refractivity contribution in [1.82, 2.24) is 5.32 Å². The molecule has 1 amide bonds. The highest BCUT2D eigenvalue weighted by atomic mass is 16.6. The summed E-state index contributed by atoms with van der Waals surface area (Å²) in [5.74, 6) is 0.305. The average Bonchev–Trinajstić information content (AvgIpc) is 2.70. The van der Waals surface area contributed by atoms with E-state index in [-0.39, 0.29) is 6.42 Å². The molecular weight excluding hydrogens is 394 g/mol. The lowest BCUT2D eigenvalue weighted by atomic mass is 9.95. The van der Waals surface area contributed by atoms with E-state index in [1.807, 2.05) is 49.4 Å². The van der Waals surface area contributed by atoms with Crippen LogP contribution < -0.4 is 10.1 Å². The molecule has 0 radical (unpaired) electrons. The van der Waals surface area contributed by atoms with Crippen LogP contribution in [0, 0.1) is 6.92 Å². The second-order valence-corrected chi connectivity index (χ2v) is 8.15. The number of carbonyl (C=O) groups excluding carboxylic acids is 2. The first-order chi connectivity index (χ1) is 14.6. The number of methoxy groups -OCH3 is 1.